The zero-order valence-electron chi connectivity index (χ0n) is 14.9. The fraction of sp³-hybridized carbons (Fsp3) is 0.647. The van der Waals surface area contributed by atoms with E-state index in [1.54, 1.807) is 0 Å². The Morgan fingerprint density at radius 1 is 1.19 bits per heavy atom. The summed E-state index contributed by atoms with van der Waals surface area (Å²) in [6, 6.07) is 4.14. The zero-order chi connectivity index (χ0) is 19.4. The minimum Gasteiger partial charge on any atom is -0.379 e. The maximum atomic E-state index is 13.1. The Kier molecular flexibility index (Phi) is 7.06. The number of ether oxygens (including phenoxy) is 1. The molecule has 26 heavy (non-hydrogen) atoms. The van der Waals surface area contributed by atoms with Gasteiger partial charge >= 0.3 is 6.18 Å². The Morgan fingerprint density at radius 3 is 2.38 bits per heavy atom. The molecule has 0 spiro atoms. The van der Waals surface area contributed by atoms with Gasteiger partial charge in [-0.1, -0.05) is 26.0 Å². The maximum Gasteiger partial charge on any atom is 0.417 e. The van der Waals surface area contributed by atoms with Gasteiger partial charge in [-0.2, -0.15) is 13.2 Å². The summed E-state index contributed by atoms with van der Waals surface area (Å²) in [5.74, 6) is 0.329. The highest BCUT2D eigenvalue weighted by molar-refractivity contribution is 7.89. The van der Waals surface area contributed by atoms with Gasteiger partial charge in [0, 0.05) is 25.7 Å². The highest BCUT2D eigenvalue weighted by atomic mass is 32.2. The molecule has 148 valence electrons. The fourth-order valence-electron chi connectivity index (χ4n) is 3.07. The van der Waals surface area contributed by atoms with E-state index in [4.69, 9.17) is 4.74 Å². The van der Waals surface area contributed by atoms with Crippen LogP contribution in [0.25, 0.3) is 0 Å². The van der Waals surface area contributed by atoms with Crippen LogP contribution >= 0.6 is 0 Å². The van der Waals surface area contributed by atoms with Gasteiger partial charge < -0.3 is 4.74 Å². The lowest BCUT2D eigenvalue weighted by molar-refractivity contribution is -0.139. The van der Waals surface area contributed by atoms with Gasteiger partial charge in [-0.3, -0.25) is 4.90 Å². The smallest absolute Gasteiger partial charge is 0.379 e. The van der Waals surface area contributed by atoms with Crippen molar-refractivity contribution in [3.63, 3.8) is 0 Å². The Bertz CT molecular complexity index is 687. The SMILES string of the molecule is CC(C)CC(CNS(=O)(=O)c1ccccc1C(F)(F)F)N1CCOCC1. The average Bonchev–Trinajstić information content (AvgIpc) is 2.58. The summed E-state index contributed by atoms with van der Waals surface area (Å²) < 4.78 is 72.1. The first kappa shape index (κ1) is 21.1. The Morgan fingerprint density at radius 2 is 1.81 bits per heavy atom. The second-order valence-electron chi connectivity index (χ2n) is 6.78. The highest BCUT2D eigenvalue weighted by Gasteiger charge is 2.37. The van der Waals surface area contributed by atoms with Crippen molar-refractivity contribution in [3.05, 3.63) is 29.8 Å². The molecule has 1 heterocycles. The molecule has 0 aliphatic carbocycles. The third kappa shape index (κ3) is 5.67. The largest absolute Gasteiger partial charge is 0.417 e. The van der Waals surface area contributed by atoms with Crippen molar-refractivity contribution < 1.29 is 26.3 Å². The number of nitrogens with one attached hydrogen (secondary N) is 1. The van der Waals surface area contributed by atoms with Gasteiger partial charge in [0.1, 0.15) is 0 Å². The second-order valence-corrected chi connectivity index (χ2v) is 8.51. The standard InChI is InChI=1S/C17H25F3N2O3S/c1-13(2)11-14(22-7-9-25-10-8-22)12-21-26(23,24)16-6-4-3-5-15(16)17(18,19)20/h3-6,13-14,21H,7-12H2,1-2H3. The summed E-state index contributed by atoms with van der Waals surface area (Å²) in [5.41, 5.74) is -1.15. The average molecular weight is 394 g/mol. The van der Waals surface area contributed by atoms with Crippen LogP contribution in [0.1, 0.15) is 25.8 Å². The van der Waals surface area contributed by atoms with Gasteiger partial charge in [-0.05, 0) is 24.5 Å². The molecule has 5 nitrogen and oxygen atoms in total. The summed E-state index contributed by atoms with van der Waals surface area (Å²) in [4.78, 5) is 1.39. The topological polar surface area (TPSA) is 58.6 Å². The van der Waals surface area contributed by atoms with Crippen LogP contribution in [0.3, 0.4) is 0 Å². The van der Waals surface area contributed by atoms with Gasteiger partial charge in [0.15, 0.2) is 0 Å². The van der Waals surface area contributed by atoms with Crippen LogP contribution in [0.2, 0.25) is 0 Å². The molecule has 1 atom stereocenters. The molecule has 2 rings (SSSR count). The summed E-state index contributed by atoms with van der Waals surface area (Å²) in [7, 11) is -4.27. The molecular formula is C17H25F3N2O3S. The van der Waals surface area contributed by atoms with E-state index in [1.807, 2.05) is 13.8 Å². The third-order valence-electron chi connectivity index (χ3n) is 4.30. The van der Waals surface area contributed by atoms with Gasteiger partial charge in [-0.25, -0.2) is 13.1 Å². The van der Waals surface area contributed by atoms with E-state index >= 15 is 0 Å². The summed E-state index contributed by atoms with van der Waals surface area (Å²) >= 11 is 0. The van der Waals surface area contributed by atoms with Crippen LogP contribution in [0.5, 0.6) is 0 Å². The molecule has 0 bridgehead atoms. The van der Waals surface area contributed by atoms with Crippen molar-refractivity contribution in [2.75, 3.05) is 32.8 Å². The molecule has 0 saturated carbocycles. The summed E-state index contributed by atoms with van der Waals surface area (Å²) in [6.45, 7) is 6.61. The van der Waals surface area contributed by atoms with E-state index in [-0.39, 0.29) is 12.6 Å². The van der Waals surface area contributed by atoms with Crippen molar-refractivity contribution in [2.45, 2.75) is 37.4 Å². The van der Waals surface area contributed by atoms with Crippen LogP contribution < -0.4 is 4.72 Å². The van der Waals surface area contributed by atoms with Crippen molar-refractivity contribution in [1.82, 2.24) is 9.62 Å². The Balaban J connectivity index is 2.17. The zero-order valence-corrected chi connectivity index (χ0v) is 15.7. The van der Waals surface area contributed by atoms with Crippen molar-refractivity contribution in [2.24, 2.45) is 5.92 Å². The third-order valence-corrected chi connectivity index (χ3v) is 5.78. The minimum absolute atomic E-state index is 0.0622. The lowest BCUT2D eigenvalue weighted by Crippen LogP contribution is -2.49. The lowest BCUT2D eigenvalue weighted by Gasteiger charge is -2.35. The van der Waals surface area contributed by atoms with Crippen molar-refractivity contribution >= 4 is 10.0 Å². The van der Waals surface area contributed by atoms with Crippen LogP contribution in [-0.4, -0.2) is 52.2 Å². The quantitative estimate of drug-likeness (QED) is 0.773. The first-order valence-electron chi connectivity index (χ1n) is 8.59. The van der Waals surface area contributed by atoms with Crippen molar-refractivity contribution in [1.29, 1.82) is 0 Å². The molecule has 1 unspecified atom stereocenters. The second kappa shape index (κ2) is 8.69. The van der Waals surface area contributed by atoms with E-state index in [2.05, 4.69) is 9.62 Å². The summed E-state index contributed by atoms with van der Waals surface area (Å²) in [6.07, 6.45) is -3.99. The predicted octanol–water partition coefficient (Wildman–Crippen LogP) is 2.73. The molecule has 0 aromatic heterocycles. The molecule has 0 amide bonds. The molecule has 9 heteroatoms. The molecule has 1 fully saturated rings. The number of morpholine rings is 1. The highest BCUT2D eigenvalue weighted by Crippen LogP contribution is 2.33. The maximum absolute atomic E-state index is 13.1. The van der Waals surface area contributed by atoms with Crippen LogP contribution in [0, 0.1) is 5.92 Å². The monoisotopic (exact) mass is 394 g/mol. The lowest BCUT2D eigenvalue weighted by atomic mass is 10.0. The fourth-order valence-corrected chi connectivity index (χ4v) is 4.37. The number of halogens is 3. The molecule has 1 aliphatic rings. The molecule has 1 aromatic rings. The van der Waals surface area contributed by atoms with E-state index in [1.165, 1.54) is 12.1 Å². The number of sulfonamides is 1. The van der Waals surface area contributed by atoms with E-state index in [0.29, 0.717) is 32.2 Å². The number of rotatable bonds is 7. The van der Waals surface area contributed by atoms with Gasteiger partial charge in [0.2, 0.25) is 10.0 Å². The molecular weight excluding hydrogens is 369 g/mol. The number of benzene rings is 1. The van der Waals surface area contributed by atoms with Gasteiger partial charge in [0.05, 0.1) is 23.7 Å². The number of nitrogens with zero attached hydrogens (tertiary/aromatic N) is 1. The molecule has 1 aromatic carbocycles. The van der Waals surface area contributed by atoms with E-state index in [9.17, 15) is 21.6 Å². The minimum atomic E-state index is -4.73. The number of hydrogen-bond donors (Lipinski definition) is 1. The van der Waals surface area contributed by atoms with E-state index in [0.717, 1.165) is 18.6 Å². The van der Waals surface area contributed by atoms with Gasteiger partial charge in [-0.15, -0.1) is 0 Å². The van der Waals surface area contributed by atoms with Crippen LogP contribution in [-0.2, 0) is 20.9 Å². The molecule has 0 radical (unpaired) electrons. The molecule has 1 N–H and O–H groups in total. The van der Waals surface area contributed by atoms with E-state index < -0.39 is 26.7 Å². The first-order valence-corrected chi connectivity index (χ1v) is 10.1. The first-order chi connectivity index (χ1) is 12.1. The van der Waals surface area contributed by atoms with Crippen LogP contribution in [0.4, 0.5) is 13.2 Å². The van der Waals surface area contributed by atoms with Gasteiger partial charge in [0.25, 0.3) is 0 Å². The Hall–Kier alpha value is -1.16. The summed E-state index contributed by atoms with van der Waals surface area (Å²) in [5, 5.41) is 0. The molecule has 1 aliphatic heterocycles. The predicted molar refractivity (Wildman–Crippen MR) is 92.3 cm³/mol. The number of alkyl halides is 3. The molecule has 1 saturated heterocycles. The normalized spacial score (nSPS) is 18.2. The van der Waals surface area contributed by atoms with Crippen LogP contribution in [0.15, 0.2) is 29.2 Å². The van der Waals surface area contributed by atoms with Crippen molar-refractivity contribution in [3.8, 4) is 0 Å². The Labute approximate surface area is 152 Å². The number of hydrogen-bond acceptors (Lipinski definition) is 4.